The molecule has 2 N–H and O–H groups in total. The van der Waals surface area contributed by atoms with E-state index in [1.807, 2.05) is 24.3 Å². The van der Waals surface area contributed by atoms with Crippen LogP contribution in [0.1, 0.15) is 19.3 Å². The zero-order valence-electron chi connectivity index (χ0n) is 9.21. The minimum atomic E-state index is 0.742. The fourth-order valence-corrected chi connectivity index (χ4v) is 1.51. The number of amides is 1. The van der Waals surface area contributed by atoms with Crippen LogP contribution in [0.25, 0.3) is 0 Å². The summed E-state index contributed by atoms with van der Waals surface area (Å²) in [5, 5.41) is 6.72. The molecule has 0 aliphatic rings. The fraction of sp³-hybridized carbons (Fsp3) is 0.417. The highest BCUT2D eigenvalue weighted by Gasteiger charge is 1.92. The molecule has 0 fully saturated rings. The maximum Gasteiger partial charge on any atom is 0.207 e. The van der Waals surface area contributed by atoms with Gasteiger partial charge in [0.05, 0.1) is 0 Å². The van der Waals surface area contributed by atoms with Gasteiger partial charge in [0.1, 0.15) is 0 Å². The Labute approximate surface area is 101 Å². The number of hydrogen-bond acceptors (Lipinski definition) is 2. The summed E-state index contributed by atoms with van der Waals surface area (Å²) >= 11 is 5.78. The SMILES string of the molecule is O=CNCCCCCNc1ccc(Cl)cc1. The minimum absolute atomic E-state index is 0.742. The van der Waals surface area contributed by atoms with Crippen molar-refractivity contribution >= 4 is 23.7 Å². The standard InChI is InChI=1S/C12H17ClN2O/c13-11-4-6-12(7-5-11)15-9-3-1-2-8-14-10-16/h4-7,10,15H,1-3,8-9H2,(H,14,16). The first-order valence-corrected chi connectivity index (χ1v) is 5.87. The summed E-state index contributed by atoms with van der Waals surface area (Å²) in [4.78, 5) is 9.97. The number of hydrogen-bond donors (Lipinski definition) is 2. The molecular formula is C12H17ClN2O. The first-order valence-electron chi connectivity index (χ1n) is 5.49. The molecule has 0 saturated heterocycles. The van der Waals surface area contributed by atoms with Gasteiger partial charge in [0.2, 0.25) is 6.41 Å². The maximum atomic E-state index is 9.97. The van der Waals surface area contributed by atoms with Crippen molar-refractivity contribution in [1.29, 1.82) is 0 Å². The van der Waals surface area contributed by atoms with Gasteiger partial charge in [-0.05, 0) is 43.5 Å². The Hall–Kier alpha value is -1.22. The number of carbonyl (C=O) groups excluding carboxylic acids is 1. The molecule has 3 nitrogen and oxygen atoms in total. The molecule has 1 amide bonds. The number of halogens is 1. The van der Waals surface area contributed by atoms with Gasteiger partial charge < -0.3 is 10.6 Å². The van der Waals surface area contributed by atoms with Gasteiger partial charge in [-0.1, -0.05) is 11.6 Å². The summed E-state index contributed by atoms with van der Waals surface area (Å²) < 4.78 is 0. The summed E-state index contributed by atoms with van der Waals surface area (Å²) in [6, 6.07) is 7.68. The summed E-state index contributed by atoms with van der Waals surface area (Å²) in [6.07, 6.45) is 3.98. The Morgan fingerprint density at radius 3 is 2.44 bits per heavy atom. The van der Waals surface area contributed by atoms with Gasteiger partial charge in [-0.25, -0.2) is 0 Å². The molecule has 0 radical (unpaired) electrons. The predicted octanol–water partition coefficient (Wildman–Crippen LogP) is 2.67. The molecule has 16 heavy (non-hydrogen) atoms. The number of anilines is 1. The molecule has 0 atom stereocenters. The van der Waals surface area contributed by atoms with Crippen LogP contribution < -0.4 is 10.6 Å². The Morgan fingerprint density at radius 2 is 1.75 bits per heavy atom. The first-order chi connectivity index (χ1) is 7.83. The summed E-state index contributed by atoms with van der Waals surface area (Å²) in [5.41, 5.74) is 1.09. The quantitative estimate of drug-likeness (QED) is 0.542. The van der Waals surface area contributed by atoms with Crippen LogP contribution in [0.5, 0.6) is 0 Å². The lowest BCUT2D eigenvalue weighted by molar-refractivity contribution is -0.109. The average Bonchev–Trinajstić information content (AvgIpc) is 2.30. The summed E-state index contributed by atoms with van der Waals surface area (Å²) in [7, 11) is 0. The monoisotopic (exact) mass is 240 g/mol. The van der Waals surface area contributed by atoms with Crippen molar-refractivity contribution in [1.82, 2.24) is 5.32 Å². The van der Waals surface area contributed by atoms with Gasteiger partial charge >= 0.3 is 0 Å². The van der Waals surface area contributed by atoms with Gasteiger partial charge in [0, 0.05) is 23.8 Å². The molecule has 1 aromatic rings. The second-order valence-electron chi connectivity index (χ2n) is 3.57. The van der Waals surface area contributed by atoms with Crippen molar-refractivity contribution in [2.45, 2.75) is 19.3 Å². The molecule has 0 aliphatic heterocycles. The molecule has 0 bridgehead atoms. The van der Waals surface area contributed by atoms with Crippen LogP contribution in [0.15, 0.2) is 24.3 Å². The van der Waals surface area contributed by atoms with E-state index in [0.717, 1.165) is 49.5 Å². The van der Waals surface area contributed by atoms with E-state index >= 15 is 0 Å². The third-order valence-electron chi connectivity index (χ3n) is 2.25. The van der Waals surface area contributed by atoms with E-state index in [1.54, 1.807) is 0 Å². The molecule has 0 unspecified atom stereocenters. The zero-order chi connectivity index (χ0) is 11.6. The number of rotatable bonds is 8. The summed E-state index contributed by atoms with van der Waals surface area (Å²) in [6.45, 7) is 1.72. The van der Waals surface area contributed by atoms with Crippen LogP contribution in [0.3, 0.4) is 0 Å². The second-order valence-corrected chi connectivity index (χ2v) is 4.00. The molecular weight excluding hydrogens is 224 g/mol. The molecule has 0 aromatic heterocycles. The first kappa shape index (κ1) is 12.8. The average molecular weight is 241 g/mol. The van der Waals surface area contributed by atoms with Gasteiger partial charge in [0.15, 0.2) is 0 Å². The second kappa shape index (κ2) is 7.99. The number of unbranched alkanes of at least 4 members (excludes halogenated alkanes) is 2. The van der Waals surface area contributed by atoms with Crippen LogP contribution in [0.4, 0.5) is 5.69 Å². The largest absolute Gasteiger partial charge is 0.385 e. The zero-order valence-corrected chi connectivity index (χ0v) is 9.96. The fourth-order valence-electron chi connectivity index (χ4n) is 1.39. The molecule has 0 aliphatic carbocycles. The highest BCUT2D eigenvalue weighted by molar-refractivity contribution is 6.30. The van der Waals surface area contributed by atoms with Crippen molar-refractivity contribution in [3.8, 4) is 0 Å². The smallest absolute Gasteiger partial charge is 0.207 e. The molecule has 0 spiro atoms. The molecule has 4 heteroatoms. The van der Waals surface area contributed by atoms with Crippen LogP contribution in [-0.2, 0) is 4.79 Å². The van der Waals surface area contributed by atoms with Crippen LogP contribution in [0.2, 0.25) is 5.02 Å². The number of benzene rings is 1. The van der Waals surface area contributed by atoms with E-state index < -0.39 is 0 Å². The van der Waals surface area contributed by atoms with Crippen molar-refractivity contribution in [3.05, 3.63) is 29.3 Å². The Morgan fingerprint density at radius 1 is 1.06 bits per heavy atom. The van der Waals surface area contributed by atoms with Gasteiger partial charge in [0.25, 0.3) is 0 Å². The van der Waals surface area contributed by atoms with Gasteiger partial charge in [-0.3, -0.25) is 4.79 Å². The molecule has 0 heterocycles. The van der Waals surface area contributed by atoms with Crippen LogP contribution in [-0.4, -0.2) is 19.5 Å². The van der Waals surface area contributed by atoms with Crippen molar-refractivity contribution < 1.29 is 4.79 Å². The number of nitrogens with one attached hydrogen (secondary N) is 2. The lowest BCUT2D eigenvalue weighted by Gasteiger charge is -2.06. The van der Waals surface area contributed by atoms with Gasteiger partial charge in [-0.15, -0.1) is 0 Å². The van der Waals surface area contributed by atoms with E-state index in [9.17, 15) is 4.79 Å². The minimum Gasteiger partial charge on any atom is -0.385 e. The van der Waals surface area contributed by atoms with Crippen molar-refractivity contribution in [3.63, 3.8) is 0 Å². The highest BCUT2D eigenvalue weighted by Crippen LogP contribution is 2.13. The normalized spacial score (nSPS) is 9.81. The lowest BCUT2D eigenvalue weighted by Crippen LogP contribution is -2.12. The molecule has 88 valence electrons. The predicted molar refractivity (Wildman–Crippen MR) is 67.9 cm³/mol. The third-order valence-corrected chi connectivity index (χ3v) is 2.51. The highest BCUT2D eigenvalue weighted by atomic mass is 35.5. The lowest BCUT2D eigenvalue weighted by atomic mass is 10.2. The van der Waals surface area contributed by atoms with E-state index in [4.69, 9.17) is 11.6 Å². The van der Waals surface area contributed by atoms with Crippen molar-refractivity contribution in [2.24, 2.45) is 0 Å². The maximum absolute atomic E-state index is 9.97. The molecule has 1 aromatic carbocycles. The summed E-state index contributed by atoms with van der Waals surface area (Å²) in [5.74, 6) is 0. The van der Waals surface area contributed by atoms with Crippen LogP contribution >= 0.6 is 11.6 Å². The van der Waals surface area contributed by atoms with E-state index in [0.29, 0.717) is 0 Å². The third kappa shape index (κ3) is 5.61. The Balaban J connectivity index is 2.02. The Bertz CT molecular complexity index is 300. The van der Waals surface area contributed by atoms with Gasteiger partial charge in [-0.2, -0.15) is 0 Å². The Kier molecular flexibility index (Phi) is 6.42. The van der Waals surface area contributed by atoms with E-state index in [1.165, 1.54) is 0 Å². The van der Waals surface area contributed by atoms with Crippen LogP contribution in [0, 0.1) is 0 Å². The molecule has 0 saturated carbocycles. The topological polar surface area (TPSA) is 41.1 Å². The van der Waals surface area contributed by atoms with E-state index in [-0.39, 0.29) is 0 Å². The van der Waals surface area contributed by atoms with E-state index in [2.05, 4.69) is 10.6 Å². The molecule has 1 rings (SSSR count). The van der Waals surface area contributed by atoms with Crippen molar-refractivity contribution in [2.75, 3.05) is 18.4 Å². The number of carbonyl (C=O) groups is 1.